The van der Waals surface area contributed by atoms with E-state index in [1.165, 1.54) is 31.2 Å². The monoisotopic (exact) mass is 345 g/mol. The topological polar surface area (TPSA) is 53.1 Å². The number of hydrogen-bond donors (Lipinski definition) is 1. The van der Waals surface area contributed by atoms with E-state index in [2.05, 4.69) is 35.2 Å². The Kier molecular flexibility index (Phi) is 4.80. The molecule has 1 heterocycles. The molecule has 2 aromatic rings. The normalized spacial score (nSPS) is 20.8. The molecule has 2 aliphatic rings. The summed E-state index contributed by atoms with van der Waals surface area (Å²) >= 11 is 0. The second kappa shape index (κ2) is 7.23. The van der Waals surface area contributed by atoms with Crippen molar-refractivity contribution in [3.05, 3.63) is 59.7 Å². The summed E-state index contributed by atoms with van der Waals surface area (Å²) in [5.41, 5.74) is 10.8. The molecule has 3 heteroatoms. The van der Waals surface area contributed by atoms with E-state index in [-0.39, 0.29) is 5.54 Å². The summed E-state index contributed by atoms with van der Waals surface area (Å²) in [6, 6.07) is 19.4. The average Bonchev–Trinajstić information content (AvgIpc) is 3.23. The second-order valence-electron chi connectivity index (χ2n) is 7.90. The van der Waals surface area contributed by atoms with Gasteiger partial charge in [-0.3, -0.25) is 0 Å². The summed E-state index contributed by atoms with van der Waals surface area (Å²) in [5.74, 6) is 0. The Morgan fingerprint density at radius 3 is 2.31 bits per heavy atom. The zero-order valence-corrected chi connectivity index (χ0v) is 15.3. The van der Waals surface area contributed by atoms with Gasteiger partial charge in [0.1, 0.15) is 0 Å². The summed E-state index contributed by atoms with van der Waals surface area (Å²) in [4.78, 5) is 2.67. The van der Waals surface area contributed by atoms with Crippen molar-refractivity contribution in [2.45, 2.75) is 50.1 Å². The lowest BCUT2D eigenvalue weighted by Crippen LogP contribution is -2.50. The molecular weight excluding hydrogens is 318 g/mol. The molecule has 0 bridgehead atoms. The standard InChI is InChI=1S/C23H27N3/c24-17-18-4-3-5-20(16-18)19-8-10-21(11-9-19)23(25)12-14-26(15-13-23)22-6-1-2-7-22/h3-5,8-11,16,22H,1-2,6-7,12-15,25H2. The Morgan fingerprint density at radius 2 is 1.65 bits per heavy atom. The van der Waals surface area contributed by atoms with Crippen LogP contribution in [0.5, 0.6) is 0 Å². The van der Waals surface area contributed by atoms with Crippen LogP contribution < -0.4 is 5.73 Å². The highest BCUT2D eigenvalue weighted by atomic mass is 15.2. The highest BCUT2D eigenvalue weighted by Gasteiger charge is 2.35. The zero-order chi connectivity index (χ0) is 18.0. The van der Waals surface area contributed by atoms with Crippen molar-refractivity contribution in [1.82, 2.24) is 4.90 Å². The molecule has 0 amide bonds. The predicted octanol–water partition coefficient (Wildman–Crippen LogP) is 4.42. The Morgan fingerprint density at radius 1 is 0.962 bits per heavy atom. The number of hydrogen-bond acceptors (Lipinski definition) is 3. The molecular formula is C23H27N3. The van der Waals surface area contributed by atoms with E-state index < -0.39 is 0 Å². The van der Waals surface area contributed by atoms with Gasteiger partial charge in [-0.15, -0.1) is 0 Å². The van der Waals surface area contributed by atoms with Crippen molar-refractivity contribution in [3.8, 4) is 17.2 Å². The van der Waals surface area contributed by atoms with Gasteiger partial charge in [0.05, 0.1) is 11.6 Å². The lowest BCUT2D eigenvalue weighted by atomic mass is 9.81. The molecule has 4 rings (SSSR count). The van der Waals surface area contributed by atoms with Crippen molar-refractivity contribution in [3.63, 3.8) is 0 Å². The summed E-state index contributed by atoms with van der Waals surface area (Å²) in [6.07, 6.45) is 7.59. The van der Waals surface area contributed by atoms with Crippen LogP contribution in [-0.2, 0) is 5.54 Å². The third-order valence-corrected chi connectivity index (χ3v) is 6.32. The van der Waals surface area contributed by atoms with E-state index in [4.69, 9.17) is 11.0 Å². The highest BCUT2D eigenvalue weighted by molar-refractivity contribution is 5.65. The van der Waals surface area contributed by atoms with E-state index >= 15 is 0 Å². The molecule has 0 radical (unpaired) electrons. The van der Waals surface area contributed by atoms with Crippen LogP contribution >= 0.6 is 0 Å². The largest absolute Gasteiger partial charge is 0.321 e. The molecule has 0 aromatic heterocycles. The molecule has 2 aromatic carbocycles. The number of likely N-dealkylation sites (tertiary alicyclic amines) is 1. The van der Waals surface area contributed by atoms with Crippen molar-refractivity contribution >= 4 is 0 Å². The van der Waals surface area contributed by atoms with E-state index in [1.54, 1.807) is 0 Å². The van der Waals surface area contributed by atoms with Gasteiger partial charge in [-0.25, -0.2) is 0 Å². The average molecular weight is 345 g/mol. The third-order valence-electron chi connectivity index (χ3n) is 6.32. The van der Waals surface area contributed by atoms with Gasteiger partial charge in [0, 0.05) is 24.7 Å². The number of piperidine rings is 1. The van der Waals surface area contributed by atoms with E-state index in [0.29, 0.717) is 5.56 Å². The molecule has 0 atom stereocenters. The number of nitriles is 1. The van der Waals surface area contributed by atoms with Crippen LogP contribution in [0.15, 0.2) is 48.5 Å². The highest BCUT2D eigenvalue weighted by Crippen LogP contribution is 2.34. The maximum absolute atomic E-state index is 9.09. The van der Waals surface area contributed by atoms with Gasteiger partial charge in [0.25, 0.3) is 0 Å². The molecule has 1 saturated carbocycles. The van der Waals surface area contributed by atoms with Gasteiger partial charge >= 0.3 is 0 Å². The van der Waals surface area contributed by atoms with Crippen molar-refractivity contribution in [2.75, 3.05) is 13.1 Å². The molecule has 1 aliphatic heterocycles. The molecule has 2 N–H and O–H groups in total. The molecule has 3 nitrogen and oxygen atoms in total. The van der Waals surface area contributed by atoms with Crippen LogP contribution in [-0.4, -0.2) is 24.0 Å². The van der Waals surface area contributed by atoms with Crippen LogP contribution in [0.2, 0.25) is 0 Å². The number of rotatable bonds is 3. The molecule has 26 heavy (non-hydrogen) atoms. The minimum Gasteiger partial charge on any atom is -0.321 e. The smallest absolute Gasteiger partial charge is 0.0991 e. The first-order valence-corrected chi connectivity index (χ1v) is 9.82. The van der Waals surface area contributed by atoms with Gasteiger partial charge in [-0.1, -0.05) is 49.2 Å². The van der Waals surface area contributed by atoms with Crippen LogP contribution in [0.1, 0.15) is 49.7 Å². The first-order valence-electron chi connectivity index (χ1n) is 9.82. The van der Waals surface area contributed by atoms with E-state index in [0.717, 1.165) is 43.1 Å². The summed E-state index contributed by atoms with van der Waals surface area (Å²) in [7, 11) is 0. The van der Waals surface area contributed by atoms with Crippen LogP contribution in [0.4, 0.5) is 0 Å². The van der Waals surface area contributed by atoms with Gasteiger partial charge in [0.15, 0.2) is 0 Å². The maximum atomic E-state index is 9.09. The fourth-order valence-corrected chi connectivity index (χ4v) is 4.61. The van der Waals surface area contributed by atoms with Crippen molar-refractivity contribution < 1.29 is 0 Å². The minimum atomic E-state index is -0.206. The van der Waals surface area contributed by atoms with Crippen LogP contribution in [0.25, 0.3) is 11.1 Å². The first kappa shape index (κ1) is 17.3. The van der Waals surface area contributed by atoms with Crippen molar-refractivity contribution in [2.24, 2.45) is 5.73 Å². The maximum Gasteiger partial charge on any atom is 0.0991 e. The zero-order valence-electron chi connectivity index (χ0n) is 15.3. The lowest BCUT2D eigenvalue weighted by molar-refractivity contribution is 0.118. The second-order valence-corrected chi connectivity index (χ2v) is 7.90. The molecule has 1 saturated heterocycles. The summed E-state index contributed by atoms with van der Waals surface area (Å²) < 4.78 is 0. The minimum absolute atomic E-state index is 0.206. The van der Waals surface area contributed by atoms with Crippen LogP contribution in [0, 0.1) is 11.3 Å². The van der Waals surface area contributed by atoms with E-state index in [1.807, 2.05) is 24.3 Å². The number of nitrogens with two attached hydrogens (primary N) is 1. The van der Waals surface area contributed by atoms with Gasteiger partial charge in [0.2, 0.25) is 0 Å². The summed E-state index contributed by atoms with van der Waals surface area (Å²) in [6.45, 7) is 2.24. The van der Waals surface area contributed by atoms with Crippen molar-refractivity contribution in [1.29, 1.82) is 5.26 Å². The van der Waals surface area contributed by atoms with Gasteiger partial charge in [-0.2, -0.15) is 5.26 Å². The Hall–Kier alpha value is -2.15. The van der Waals surface area contributed by atoms with Gasteiger partial charge < -0.3 is 10.6 Å². The van der Waals surface area contributed by atoms with Crippen LogP contribution in [0.3, 0.4) is 0 Å². The molecule has 0 unspecified atom stereocenters. The lowest BCUT2D eigenvalue weighted by Gasteiger charge is -2.42. The fraction of sp³-hybridized carbons (Fsp3) is 0.435. The molecule has 0 spiro atoms. The molecule has 2 fully saturated rings. The number of benzene rings is 2. The quantitative estimate of drug-likeness (QED) is 0.896. The summed E-state index contributed by atoms with van der Waals surface area (Å²) in [5, 5.41) is 9.09. The Bertz CT molecular complexity index is 789. The fourth-order valence-electron chi connectivity index (χ4n) is 4.61. The SMILES string of the molecule is N#Cc1cccc(-c2ccc(C3(N)CCN(C4CCCC4)CC3)cc2)c1. The first-order chi connectivity index (χ1) is 12.7. The Balaban J connectivity index is 1.47. The predicted molar refractivity (Wildman–Crippen MR) is 106 cm³/mol. The third kappa shape index (κ3) is 3.40. The molecule has 1 aliphatic carbocycles. The Labute approximate surface area is 156 Å². The number of nitrogens with zero attached hydrogens (tertiary/aromatic N) is 2. The van der Waals surface area contributed by atoms with Gasteiger partial charge in [-0.05, 0) is 54.5 Å². The molecule has 134 valence electrons. The van der Waals surface area contributed by atoms with E-state index in [9.17, 15) is 0 Å².